The summed E-state index contributed by atoms with van der Waals surface area (Å²) in [5.74, 6) is -1.11. The maximum absolute atomic E-state index is 13.4. The summed E-state index contributed by atoms with van der Waals surface area (Å²) in [6.07, 6.45) is 3.74. The summed E-state index contributed by atoms with van der Waals surface area (Å²) in [4.78, 5) is 10.6. The molecule has 92 valence electrons. The van der Waals surface area contributed by atoms with Gasteiger partial charge in [0.05, 0.1) is 4.47 Å². The highest BCUT2D eigenvalue weighted by atomic mass is 79.9. The SMILES string of the molecule is CC(=O)NCCC=Cc1cc(F)c(Br)cc1F. The predicted octanol–water partition coefficient (Wildman–Crippen LogP) is 3.27. The van der Waals surface area contributed by atoms with Gasteiger partial charge in [0, 0.05) is 19.0 Å². The summed E-state index contributed by atoms with van der Waals surface area (Å²) < 4.78 is 26.6. The first-order valence-corrected chi connectivity index (χ1v) is 5.85. The lowest BCUT2D eigenvalue weighted by Gasteiger charge is -2.00. The van der Waals surface area contributed by atoms with Crippen molar-refractivity contribution in [2.75, 3.05) is 6.54 Å². The molecule has 0 aliphatic carbocycles. The van der Waals surface area contributed by atoms with Gasteiger partial charge in [0.2, 0.25) is 5.91 Å². The first-order valence-electron chi connectivity index (χ1n) is 5.06. The highest BCUT2D eigenvalue weighted by Crippen LogP contribution is 2.20. The number of carbonyl (C=O) groups excluding carboxylic acids is 1. The lowest BCUT2D eigenvalue weighted by atomic mass is 10.2. The minimum Gasteiger partial charge on any atom is -0.356 e. The maximum atomic E-state index is 13.4. The van der Waals surface area contributed by atoms with Crippen LogP contribution in [0.4, 0.5) is 8.78 Å². The summed E-state index contributed by atoms with van der Waals surface area (Å²) >= 11 is 2.90. The Morgan fingerprint density at radius 3 is 2.76 bits per heavy atom. The summed E-state index contributed by atoms with van der Waals surface area (Å²) in [5.41, 5.74) is 0.188. The first kappa shape index (κ1) is 13.8. The number of halogens is 3. The van der Waals surface area contributed by atoms with Gasteiger partial charge in [0.15, 0.2) is 0 Å². The van der Waals surface area contributed by atoms with Crippen LogP contribution in [0.3, 0.4) is 0 Å². The Morgan fingerprint density at radius 2 is 2.12 bits per heavy atom. The molecule has 0 unspecified atom stereocenters. The quantitative estimate of drug-likeness (QED) is 0.671. The molecular weight excluding hydrogens is 292 g/mol. The highest BCUT2D eigenvalue weighted by Gasteiger charge is 2.05. The van der Waals surface area contributed by atoms with Gasteiger partial charge >= 0.3 is 0 Å². The van der Waals surface area contributed by atoms with Crippen LogP contribution < -0.4 is 5.32 Å². The van der Waals surface area contributed by atoms with Gasteiger partial charge in [0.25, 0.3) is 0 Å². The summed E-state index contributed by atoms with van der Waals surface area (Å²) in [6.45, 7) is 1.90. The topological polar surface area (TPSA) is 29.1 Å². The van der Waals surface area contributed by atoms with E-state index in [1.54, 1.807) is 6.08 Å². The van der Waals surface area contributed by atoms with Crippen LogP contribution in [0.1, 0.15) is 18.9 Å². The molecule has 0 aliphatic rings. The molecule has 1 amide bonds. The van der Waals surface area contributed by atoms with Crippen LogP contribution in [-0.4, -0.2) is 12.5 Å². The number of nitrogens with one attached hydrogen (secondary N) is 1. The second kappa shape index (κ2) is 6.49. The molecule has 0 heterocycles. The van der Waals surface area contributed by atoms with Gasteiger partial charge in [-0.15, -0.1) is 0 Å². The Bertz CT molecular complexity index is 446. The molecule has 0 spiro atoms. The number of hydrogen-bond acceptors (Lipinski definition) is 1. The van der Waals surface area contributed by atoms with Crippen LogP contribution in [0, 0.1) is 11.6 Å². The van der Waals surface area contributed by atoms with E-state index >= 15 is 0 Å². The molecule has 0 aliphatic heterocycles. The second-order valence-electron chi connectivity index (χ2n) is 3.46. The van der Waals surface area contributed by atoms with Gasteiger partial charge in [-0.2, -0.15) is 0 Å². The third-order valence-corrected chi connectivity index (χ3v) is 2.63. The van der Waals surface area contributed by atoms with Gasteiger partial charge in [0.1, 0.15) is 11.6 Å². The van der Waals surface area contributed by atoms with Crippen molar-refractivity contribution < 1.29 is 13.6 Å². The van der Waals surface area contributed by atoms with Crippen molar-refractivity contribution in [3.05, 3.63) is 39.9 Å². The van der Waals surface area contributed by atoms with Crippen molar-refractivity contribution in [1.29, 1.82) is 0 Å². The van der Waals surface area contributed by atoms with E-state index in [1.165, 1.54) is 13.0 Å². The molecule has 1 aromatic rings. The minimum atomic E-state index is -0.507. The van der Waals surface area contributed by atoms with Crippen LogP contribution in [0.25, 0.3) is 6.08 Å². The summed E-state index contributed by atoms with van der Waals surface area (Å²) in [6, 6.07) is 2.21. The average Bonchev–Trinajstić information content (AvgIpc) is 2.24. The third kappa shape index (κ3) is 4.65. The Labute approximate surface area is 107 Å². The van der Waals surface area contributed by atoms with Gasteiger partial charge in [-0.25, -0.2) is 8.78 Å². The second-order valence-corrected chi connectivity index (χ2v) is 4.32. The van der Waals surface area contributed by atoms with Crippen LogP contribution in [0.5, 0.6) is 0 Å². The normalized spacial score (nSPS) is 10.8. The molecule has 5 heteroatoms. The van der Waals surface area contributed by atoms with E-state index in [1.807, 2.05) is 0 Å². The first-order chi connectivity index (χ1) is 8.00. The molecule has 1 N–H and O–H groups in total. The lowest BCUT2D eigenvalue weighted by Crippen LogP contribution is -2.20. The van der Waals surface area contributed by atoms with Crippen molar-refractivity contribution in [2.24, 2.45) is 0 Å². The molecule has 0 aromatic heterocycles. The Hall–Kier alpha value is -1.23. The maximum Gasteiger partial charge on any atom is 0.216 e. The van der Waals surface area contributed by atoms with Crippen molar-refractivity contribution in [2.45, 2.75) is 13.3 Å². The van der Waals surface area contributed by atoms with E-state index in [2.05, 4.69) is 21.2 Å². The standard InChI is InChI=1S/C12H12BrF2NO/c1-8(17)16-5-3-2-4-9-6-12(15)10(13)7-11(9)14/h2,4,6-7H,3,5H2,1H3,(H,16,17). The van der Waals surface area contributed by atoms with Gasteiger partial charge in [-0.1, -0.05) is 12.2 Å². The molecule has 0 saturated heterocycles. The Morgan fingerprint density at radius 1 is 1.41 bits per heavy atom. The molecule has 0 saturated carbocycles. The van der Waals surface area contributed by atoms with Gasteiger partial charge < -0.3 is 5.32 Å². The van der Waals surface area contributed by atoms with E-state index in [9.17, 15) is 13.6 Å². The van der Waals surface area contributed by atoms with Crippen molar-refractivity contribution >= 4 is 27.9 Å². The predicted molar refractivity (Wildman–Crippen MR) is 66.4 cm³/mol. The van der Waals surface area contributed by atoms with Crippen LogP contribution in [0.15, 0.2) is 22.7 Å². The molecule has 2 nitrogen and oxygen atoms in total. The monoisotopic (exact) mass is 303 g/mol. The van der Waals surface area contributed by atoms with Gasteiger partial charge in [-0.3, -0.25) is 4.79 Å². The van der Waals surface area contributed by atoms with E-state index in [4.69, 9.17) is 0 Å². The largest absolute Gasteiger partial charge is 0.356 e. The van der Waals surface area contributed by atoms with Crippen LogP contribution in [0.2, 0.25) is 0 Å². The molecule has 1 aromatic carbocycles. The van der Waals surface area contributed by atoms with Crippen LogP contribution in [-0.2, 0) is 4.79 Å². The number of carbonyl (C=O) groups is 1. The number of rotatable bonds is 4. The fraction of sp³-hybridized carbons (Fsp3) is 0.250. The minimum absolute atomic E-state index is 0.102. The summed E-state index contributed by atoms with van der Waals surface area (Å²) in [7, 11) is 0. The molecule has 1 rings (SSSR count). The number of amides is 1. The van der Waals surface area contributed by atoms with E-state index < -0.39 is 11.6 Å². The zero-order chi connectivity index (χ0) is 12.8. The third-order valence-electron chi connectivity index (χ3n) is 2.02. The van der Waals surface area contributed by atoms with E-state index in [0.29, 0.717) is 13.0 Å². The van der Waals surface area contributed by atoms with E-state index in [-0.39, 0.29) is 15.9 Å². The van der Waals surface area contributed by atoms with Crippen LogP contribution >= 0.6 is 15.9 Å². The molecular formula is C12H12BrF2NO. The molecule has 0 atom stereocenters. The zero-order valence-corrected chi connectivity index (χ0v) is 10.9. The average molecular weight is 304 g/mol. The number of benzene rings is 1. The van der Waals surface area contributed by atoms with Crippen molar-refractivity contribution in [1.82, 2.24) is 5.32 Å². The molecule has 0 radical (unpaired) electrons. The van der Waals surface area contributed by atoms with Crippen molar-refractivity contribution in [3.63, 3.8) is 0 Å². The molecule has 0 bridgehead atoms. The fourth-order valence-corrected chi connectivity index (χ4v) is 1.52. The smallest absolute Gasteiger partial charge is 0.216 e. The van der Waals surface area contributed by atoms with Gasteiger partial charge in [-0.05, 0) is 34.5 Å². The summed E-state index contributed by atoms with van der Waals surface area (Å²) in [5, 5.41) is 2.60. The number of hydrogen-bond donors (Lipinski definition) is 1. The highest BCUT2D eigenvalue weighted by molar-refractivity contribution is 9.10. The lowest BCUT2D eigenvalue weighted by molar-refractivity contribution is -0.118. The zero-order valence-electron chi connectivity index (χ0n) is 9.27. The fourth-order valence-electron chi connectivity index (χ4n) is 1.21. The molecule has 0 fully saturated rings. The molecule has 17 heavy (non-hydrogen) atoms. The Balaban J connectivity index is 2.59. The van der Waals surface area contributed by atoms with E-state index in [0.717, 1.165) is 12.1 Å². The Kier molecular flexibility index (Phi) is 5.28. The van der Waals surface area contributed by atoms with Crippen molar-refractivity contribution in [3.8, 4) is 0 Å².